The van der Waals surface area contributed by atoms with Gasteiger partial charge in [-0.05, 0) is 51.9 Å². The zero-order chi connectivity index (χ0) is 21.0. The minimum Gasteiger partial charge on any atom is -0.337 e. The Hall–Kier alpha value is -1.60. The number of sulfone groups is 1. The highest BCUT2D eigenvalue weighted by Gasteiger charge is 2.17. The van der Waals surface area contributed by atoms with Gasteiger partial charge in [-0.25, -0.2) is 13.2 Å². The van der Waals surface area contributed by atoms with Crippen LogP contribution in [0.2, 0.25) is 0 Å². The van der Waals surface area contributed by atoms with Crippen molar-refractivity contribution >= 4 is 15.9 Å². The molecule has 1 aromatic carbocycles. The van der Waals surface area contributed by atoms with Crippen LogP contribution in [0.4, 0.5) is 4.79 Å². The molecule has 0 aliphatic heterocycles. The molecule has 0 bridgehead atoms. The Morgan fingerprint density at radius 3 is 2.21 bits per heavy atom. The molecule has 0 unspecified atom stereocenters. The van der Waals surface area contributed by atoms with Gasteiger partial charge in [0, 0.05) is 25.7 Å². The number of hydrogen-bond donors (Lipinski definition) is 1. The van der Waals surface area contributed by atoms with Gasteiger partial charge in [0.05, 0.1) is 10.6 Å². The van der Waals surface area contributed by atoms with Gasteiger partial charge in [0.25, 0.3) is 0 Å². The maximum Gasteiger partial charge on any atom is 0.317 e. The summed E-state index contributed by atoms with van der Waals surface area (Å²) in [7, 11) is -3.22. The lowest BCUT2D eigenvalue weighted by molar-refractivity contribution is 0.179. The fraction of sp³-hybridized carbons (Fsp3) is 0.667. The smallest absolute Gasteiger partial charge is 0.317 e. The molecular weight excluding hydrogens is 374 g/mol. The minimum absolute atomic E-state index is 0.0425. The molecule has 0 atom stereocenters. The Morgan fingerprint density at radius 1 is 1.00 bits per heavy atom. The van der Waals surface area contributed by atoms with Crippen molar-refractivity contribution in [3.05, 3.63) is 30.3 Å². The van der Waals surface area contributed by atoms with Gasteiger partial charge in [0.1, 0.15) is 0 Å². The summed E-state index contributed by atoms with van der Waals surface area (Å²) in [6.07, 6.45) is 2.18. The van der Waals surface area contributed by atoms with Crippen LogP contribution in [0.3, 0.4) is 0 Å². The van der Waals surface area contributed by atoms with Crippen molar-refractivity contribution in [2.75, 3.05) is 38.5 Å². The van der Waals surface area contributed by atoms with Gasteiger partial charge in [-0.2, -0.15) is 0 Å². The molecule has 28 heavy (non-hydrogen) atoms. The monoisotopic (exact) mass is 411 g/mol. The molecule has 0 radical (unpaired) electrons. The Bertz CT molecular complexity index is 659. The molecule has 6 nitrogen and oxygen atoms in total. The van der Waals surface area contributed by atoms with Gasteiger partial charge in [0.2, 0.25) is 0 Å². The molecule has 0 aliphatic carbocycles. The molecule has 0 aromatic heterocycles. The van der Waals surface area contributed by atoms with Gasteiger partial charge >= 0.3 is 6.03 Å². The van der Waals surface area contributed by atoms with Crippen molar-refractivity contribution in [1.82, 2.24) is 15.1 Å². The fourth-order valence-corrected chi connectivity index (χ4v) is 4.44. The first-order valence-corrected chi connectivity index (χ1v) is 12.0. The Morgan fingerprint density at radius 2 is 1.64 bits per heavy atom. The second kappa shape index (κ2) is 12.8. The van der Waals surface area contributed by atoms with E-state index in [0.717, 1.165) is 32.5 Å². The lowest BCUT2D eigenvalue weighted by atomic mass is 10.2. The maximum absolute atomic E-state index is 12.5. The number of nitrogens with one attached hydrogen (secondary N) is 1. The first-order valence-electron chi connectivity index (χ1n) is 10.4. The Kier molecular flexibility index (Phi) is 11.2. The summed E-state index contributed by atoms with van der Waals surface area (Å²) in [4.78, 5) is 16.9. The number of carbonyl (C=O) groups is 1. The van der Waals surface area contributed by atoms with E-state index in [1.54, 1.807) is 24.3 Å². The first kappa shape index (κ1) is 24.4. The molecule has 1 N–H and O–H groups in total. The standard InChI is InChI=1S/C21H37N3O3S/c1-5-23(6-2)17-15-22-21(25)24(19(3)4)16-11-8-12-18-28(26,27)20-13-9-7-10-14-20/h7,9-10,13-14,19H,5-6,8,11-12,15-18H2,1-4H3,(H,22,25). The predicted octanol–water partition coefficient (Wildman–Crippen LogP) is 3.39. The van der Waals surface area contributed by atoms with Crippen molar-refractivity contribution in [1.29, 1.82) is 0 Å². The van der Waals surface area contributed by atoms with E-state index in [0.29, 0.717) is 24.4 Å². The third-order valence-corrected chi connectivity index (χ3v) is 6.71. The highest BCUT2D eigenvalue weighted by atomic mass is 32.2. The summed E-state index contributed by atoms with van der Waals surface area (Å²) in [5.74, 6) is 0.148. The Balaban J connectivity index is 2.36. The van der Waals surface area contributed by atoms with Gasteiger partial charge in [-0.3, -0.25) is 0 Å². The second-order valence-electron chi connectivity index (χ2n) is 7.24. The van der Waals surface area contributed by atoms with Crippen molar-refractivity contribution in [3.63, 3.8) is 0 Å². The second-order valence-corrected chi connectivity index (χ2v) is 9.35. The molecule has 7 heteroatoms. The summed E-state index contributed by atoms with van der Waals surface area (Å²) in [5, 5.41) is 3.00. The fourth-order valence-electron chi connectivity index (χ4n) is 3.05. The topological polar surface area (TPSA) is 69.7 Å². The quantitative estimate of drug-likeness (QED) is 0.505. The molecule has 0 spiro atoms. The van der Waals surface area contributed by atoms with E-state index in [1.165, 1.54) is 0 Å². The van der Waals surface area contributed by atoms with Crippen LogP contribution >= 0.6 is 0 Å². The number of hydrogen-bond acceptors (Lipinski definition) is 4. The van der Waals surface area contributed by atoms with E-state index < -0.39 is 9.84 Å². The number of benzene rings is 1. The number of likely N-dealkylation sites (N-methyl/N-ethyl adjacent to an activating group) is 1. The molecule has 160 valence electrons. The van der Waals surface area contributed by atoms with Crippen LogP contribution in [0, 0.1) is 0 Å². The zero-order valence-electron chi connectivity index (χ0n) is 17.9. The highest BCUT2D eigenvalue weighted by Crippen LogP contribution is 2.13. The largest absolute Gasteiger partial charge is 0.337 e. The lowest BCUT2D eigenvalue weighted by Crippen LogP contribution is -2.46. The van der Waals surface area contributed by atoms with Crippen LogP contribution in [0.5, 0.6) is 0 Å². The summed E-state index contributed by atoms with van der Waals surface area (Å²) in [6.45, 7) is 12.3. The summed E-state index contributed by atoms with van der Waals surface area (Å²) in [6, 6.07) is 8.64. The van der Waals surface area contributed by atoms with Crippen LogP contribution in [-0.4, -0.2) is 68.8 Å². The van der Waals surface area contributed by atoms with E-state index in [1.807, 2.05) is 24.8 Å². The number of rotatable bonds is 13. The highest BCUT2D eigenvalue weighted by molar-refractivity contribution is 7.91. The molecule has 0 aliphatic rings. The molecule has 1 rings (SSSR count). The van der Waals surface area contributed by atoms with Crippen LogP contribution in [0.1, 0.15) is 47.0 Å². The average molecular weight is 412 g/mol. The third kappa shape index (κ3) is 8.61. The lowest BCUT2D eigenvalue weighted by Gasteiger charge is -2.27. The van der Waals surface area contributed by atoms with E-state index in [-0.39, 0.29) is 17.8 Å². The summed E-state index contributed by atoms with van der Waals surface area (Å²) >= 11 is 0. The van der Waals surface area contributed by atoms with Crippen LogP contribution < -0.4 is 5.32 Å². The summed E-state index contributed by atoms with van der Waals surface area (Å²) in [5.41, 5.74) is 0. The van der Waals surface area contributed by atoms with Gasteiger partial charge in [0.15, 0.2) is 9.84 Å². The van der Waals surface area contributed by atoms with Crippen LogP contribution in [0.25, 0.3) is 0 Å². The van der Waals surface area contributed by atoms with Crippen molar-refractivity contribution in [3.8, 4) is 0 Å². The molecule has 2 amide bonds. The van der Waals surface area contributed by atoms with Crippen LogP contribution in [0.15, 0.2) is 35.2 Å². The number of nitrogens with zero attached hydrogens (tertiary/aromatic N) is 2. The predicted molar refractivity (Wildman–Crippen MR) is 115 cm³/mol. The SMILES string of the molecule is CCN(CC)CCNC(=O)N(CCCCCS(=O)(=O)c1ccccc1)C(C)C. The van der Waals surface area contributed by atoms with Gasteiger partial charge in [-0.1, -0.05) is 38.5 Å². The van der Waals surface area contributed by atoms with Crippen LogP contribution in [-0.2, 0) is 9.84 Å². The molecular formula is C21H37N3O3S. The third-order valence-electron chi connectivity index (χ3n) is 4.90. The first-order chi connectivity index (χ1) is 13.3. The van der Waals surface area contributed by atoms with Gasteiger partial charge in [-0.15, -0.1) is 0 Å². The van der Waals surface area contributed by atoms with E-state index in [4.69, 9.17) is 0 Å². The number of carbonyl (C=O) groups excluding carboxylic acids is 1. The average Bonchev–Trinajstić information content (AvgIpc) is 2.68. The number of urea groups is 1. The van der Waals surface area contributed by atoms with E-state index >= 15 is 0 Å². The number of unbranched alkanes of at least 4 members (excludes halogenated alkanes) is 2. The molecule has 0 fully saturated rings. The molecule has 0 heterocycles. The molecule has 1 aromatic rings. The van der Waals surface area contributed by atoms with Gasteiger partial charge < -0.3 is 15.1 Å². The minimum atomic E-state index is -3.22. The zero-order valence-corrected chi connectivity index (χ0v) is 18.7. The molecule has 0 saturated carbocycles. The van der Waals surface area contributed by atoms with Crippen molar-refractivity contribution in [2.45, 2.75) is 57.9 Å². The molecule has 0 saturated heterocycles. The van der Waals surface area contributed by atoms with E-state index in [9.17, 15) is 13.2 Å². The van der Waals surface area contributed by atoms with Crippen molar-refractivity contribution in [2.24, 2.45) is 0 Å². The summed E-state index contributed by atoms with van der Waals surface area (Å²) < 4.78 is 24.6. The number of amides is 2. The van der Waals surface area contributed by atoms with Crippen molar-refractivity contribution < 1.29 is 13.2 Å². The maximum atomic E-state index is 12.5. The normalized spacial score (nSPS) is 11.8. The van der Waals surface area contributed by atoms with E-state index in [2.05, 4.69) is 24.1 Å². The Labute approximate surface area is 171 Å².